The minimum absolute atomic E-state index is 0. The molecular formula is C20H37IN4O2. The predicted molar refractivity (Wildman–Crippen MR) is 121 cm³/mol. The van der Waals surface area contributed by atoms with Crippen molar-refractivity contribution in [3.63, 3.8) is 0 Å². The Morgan fingerprint density at radius 1 is 1.30 bits per heavy atom. The van der Waals surface area contributed by atoms with Gasteiger partial charge in [-0.05, 0) is 45.4 Å². The first-order chi connectivity index (χ1) is 12.5. The van der Waals surface area contributed by atoms with Crippen molar-refractivity contribution in [1.29, 1.82) is 0 Å². The molecule has 1 aromatic heterocycles. The van der Waals surface area contributed by atoms with E-state index in [4.69, 9.17) is 14.3 Å². The lowest BCUT2D eigenvalue weighted by Crippen LogP contribution is -2.40. The molecule has 0 saturated heterocycles. The van der Waals surface area contributed by atoms with Gasteiger partial charge in [-0.25, -0.2) is 0 Å². The van der Waals surface area contributed by atoms with Gasteiger partial charge in [-0.3, -0.25) is 4.99 Å². The Morgan fingerprint density at radius 3 is 2.56 bits per heavy atom. The zero-order chi connectivity index (χ0) is 19.0. The third-order valence-corrected chi connectivity index (χ3v) is 5.57. The highest BCUT2D eigenvalue weighted by atomic mass is 127. The molecule has 1 saturated carbocycles. The van der Waals surface area contributed by atoms with E-state index in [0.717, 1.165) is 50.1 Å². The van der Waals surface area contributed by atoms with E-state index in [1.54, 1.807) is 7.11 Å². The molecule has 2 N–H and O–H groups in total. The second kappa shape index (κ2) is 11.9. The third-order valence-electron chi connectivity index (χ3n) is 5.57. The smallest absolute Gasteiger partial charge is 0.191 e. The minimum atomic E-state index is 0. The summed E-state index contributed by atoms with van der Waals surface area (Å²) in [5.74, 6) is 2.12. The number of nitrogens with one attached hydrogen (secondary N) is 2. The summed E-state index contributed by atoms with van der Waals surface area (Å²) in [7, 11) is 1.79. The van der Waals surface area contributed by atoms with Crippen LogP contribution in [0.1, 0.15) is 68.9 Å². The second-order valence-electron chi connectivity index (χ2n) is 7.66. The average molecular weight is 492 g/mol. The highest BCUT2D eigenvalue weighted by Gasteiger charge is 2.33. The topological polar surface area (TPSA) is 71.7 Å². The number of methoxy groups -OCH3 is 1. The van der Waals surface area contributed by atoms with Crippen molar-refractivity contribution < 1.29 is 9.26 Å². The first kappa shape index (κ1) is 24.2. The fraction of sp³-hybridized carbons (Fsp3) is 0.800. The number of aliphatic imine (C=N–C) groups is 1. The average Bonchev–Trinajstić information content (AvgIpc) is 3.22. The first-order valence-electron chi connectivity index (χ1n) is 9.95. The van der Waals surface area contributed by atoms with Gasteiger partial charge in [0.15, 0.2) is 5.96 Å². The van der Waals surface area contributed by atoms with Gasteiger partial charge in [0.25, 0.3) is 0 Å². The van der Waals surface area contributed by atoms with E-state index in [1.165, 1.54) is 31.2 Å². The lowest BCUT2D eigenvalue weighted by Gasteiger charge is -2.27. The van der Waals surface area contributed by atoms with Crippen LogP contribution in [0.5, 0.6) is 0 Å². The maximum atomic E-state index is 5.33. The molecule has 6 nitrogen and oxygen atoms in total. The monoisotopic (exact) mass is 492 g/mol. The molecule has 27 heavy (non-hydrogen) atoms. The summed E-state index contributed by atoms with van der Waals surface area (Å²) in [5, 5.41) is 10.9. The highest BCUT2D eigenvalue weighted by Crippen LogP contribution is 2.41. The van der Waals surface area contributed by atoms with E-state index in [-0.39, 0.29) is 24.0 Å². The zero-order valence-corrected chi connectivity index (χ0v) is 19.9. The van der Waals surface area contributed by atoms with E-state index >= 15 is 0 Å². The zero-order valence-electron chi connectivity index (χ0n) is 17.6. The number of guanidine groups is 1. The fourth-order valence-electron chi connectivity index (χ4n) is 4.06. The van der Waals surface area contributed by atoms with Crippen LogP contribution in [-0.2, 0) is 4.74 Å². The summed E-state index contributed by atoms with van der Waals surface area (Å²) in [5.41, 5.74) is 2.48. The standard InChI is InChI=1S/C20H36N4O2.HI/c1-6-21-19(22-13-15(2)18-16(3)24-26-17(18)4)23-14-20(11-12-25-5)9-7-8-10-20;/h15H,6-14H2,1-5H3,(H2,21,22,23);1H. The van der Waals surface area contributed by atoms with Crippen LogP contribution < -0.4 is 10.6 Å². The van der Waals surface area contributed by atoms with Crippen LogP contribution in [0, 0.1) is 19.3 Å². The quantitative estimate of drug-likeness (QED) is 0.308. The molecule has 0 aliphatic heterocycles. The maximum Gasteiger partial charge on any atom is 0.191 e. The van der Waals surface area contributed by atoms with Crippen molar-refractivity contribution in [2.45, 2.75) is 65.7 Å². The van der Waals surface area contributed by atoms with Gasteiger partial charge < -0.3 is 19.9 Å². The molecule has 0 spiro atoms. The number of hydrogen-bond acceptors (Lipinski definition) is 4. The van der Waals surface area contributed by atoms with Gasteiger partial charge in [0, 0.05) is 44.8 Å². The summed E-state index contributed by atoms with van der Waals surface area (Å²) in [4.78, 5) is 4.92. The number of rotatable bonds is 9. The van der Waals surface area contributed by atoms with Gasteiger partial charge in [-0.15, -0.1) is 24.0 Å². The van der Waals surface area contributed by atoms with E-state index < -0.39 is 0 Å². The second-order valence-corrected chi connectivity index (χ2v) is 7.66. The van der Waals surface area contributed by atoms with Crippen LogP contribution in [0.15, 0.2) is 9.52 Å². The van der Waals surface area contributed by atoms with Crippen molar-refractivity contribution >= 4 is 29.9 Å². The molecule has 1 aromatic rings. The largest absolute Gasteiger partial charge is 0.385 e. The lowest BCUT2D eigenvalue weighted by molar-refractivity contribution is 0.141. The first-order valence-corrected chi connectivity index (χ1v) is 9.95. The number of aryl methyl sites for hydroxylation is 2. The van der Waals surface area contributed by atoms with Gasteiger partial charge in [0.05, 0.1) is 5.69 Å². The van der Waals surface area contributed by atoms with Gasteiger partial charge >= 0.3 is 0 Å². The number of nitrogens with zero attached hydrogens (tertiary/aromatic N) is 2. The van der Waals surface area contributed by atoms with E-state index in [0.29, 0.717) is 11.3 Å². The van der Waals surface area contributed by atoms with Crippen molar-refractivity contribution in [2.24, 2.45) is 10.4 Å². The molecule has 1 fully saturated rings. The molecule has 0 aromatic carbocycles. The summed E-state index contributed by atoms with van der Waals surface area (Å²) in [6, 6.07) is 0. The van der Waals surface area contributed by atoms with Crippen molar-refractivity contribution in [1.82, 2.24) is 15.8 Å². The summed E-state index contributed by atoms with van der Waals surface area (Å²) >= 11 is 0. The number of aromatic nitrogens is 1. The Bertz CT molecular complexity index is 563. The Kier molecular flexibility index (Phi) is 10.7. The van der Waals surface area contributed by atoms with Crippen molar-refractivity contribution in [3.8, 4) is 0 Å². The van der Waals surface area contributed by atoms with Crippen LogP contribution in [-0.4, -0.2) is 44.5 Å². The Hall–Kier alpha value is -0.830. The van der Waals surface area contributed by atoms with Gasteiger partial charge in [-0.1, -0.05) is 24.9 Å². The molecule has 1 aliphatic rings. The molecule has 1 aliphatic carbocycles. The fourth-order valence-corrected chi connectivity index (χ4v) is 4.06. The summed E-state index contributed by atoms with van der Waals surface area (Å²) < 4.78 is 10.6. The van der Waals surface area contributed by atoms with E-state index in [1.807, 2.05) is 13.8 Å². The minimum Gasteiger partial charge on any atom is -0.385 e. The predicted octanol–water partition coefficient (Wildman–Crippen LogP) is 4.16. The summed E-state index contributed by atoms with van der Waals surface area (Å²) in [6.07, 6.45) is 6.24. The highest BCUT2D eigenvalue weighted by molar-refractivity contribution is 14.0. The molecule has 1 atom stereocenters. The normalized spacial score (nSPS) is 17.4. The van der Waals surface area contributed by atoms with E-state index in [2.05, 4.69) is 29.6 Å². The van der Waals surface area contributed by atoms with Crippen LogP contribution in [0.25, 0.3) is 0 Å². The Balaban J connectivity index is 0.00000364. The van der Waals surface area contributed by atoms with Crippen molar-refractivity contribution in [3.05, 3.63) is 17.0 Å². The maximum absolute atomic E-state index is 5.33. The number of ether oxygens (including phenoxy) is 1. The van der Waals surface area contributed by atoms with Crippen molar-refractivity contribution in [2.75, 3.05) is 33.4 Å². The number of halogens is 1. The number of hydrogen-bond donors (Lipinski definition) is 2. The Labute approximate surface area is 181 Å². The third kappa shape index (κ3) is 6.93. The Morgan fingerprint density at radius 2 is 2.00 bits per heavy atom. The molecule has 2 rings (SSSR count). The van der Waals surface area contributed by atoms with Gasteiger partial charge in [-0.2, -0.15) is 0 Å². The van der Waals surface area contributed by atoms with Gasteiger partial charge in [0.2, 0.25) is 0 Å². The van der Waals surface area contributed by atoms with Crippen LogP contribution in [0.4, 0.5) is 0 Å². The van der Waals surface area contributed by atoms with Crippen LogP contribution in [0.3, 0.4) is 0 Å². The molecule has 1 unspecified atom stereocenters. The molecule has 1 heterocycles. The molecule has 156 valence electrons. The van der Waals surface area contributed by atoms with Crippen LogP contribution >= 0.6 is 24.0 Å². The van der Waals surface area contributed by atoms with E-state index in [9.17, 15) is 0 Å². The van der Waals surface area contributed by atoms with Gasteiger partial charge in [0.1, 0.15) is 5.76 Å². The molecule has 0 bridgehead atoms. The SMILES string of the molecule is CCNC(=NCC1(CCOC)CCCC1)NCC(C)c1c(C)noc1C.I. The summed E-state index contributed by atoms with van der Waals surface area (Å²) in [6.45, 7) is 11.6. The molecule has 7 heteroatoms. The molecular weight excluding hydrogens is 455 g/mol. The van der Waals surface area contributed by atoms with Crippen LogP contribution in [0.2, 0.25) is 0 Å². The molecule has 0 amide bonds. The lowest BCUT2D eigenvalue weighted by atomic mass is 9.83. The molecule has 0 radical (unpaired) electrons.